The highest BCUT2D eigenvalue weighted by molar-refractivity contribution is 6.04. The van der Waals surface area contributed by atoms with Crippen molar-refractivity contribution in [1.29, 1.82) is 0 Å². The molecule has 3 aromatic rings. The molecule has 0 radical (unpaired) electrons. The van der Waals surface area contributed by atoms with E-state index in [1.165, 1.54) is 0 Å². The third kappa shape index (κ3) is 6.71. The summed E-state index contributed by atoms with van der Waals surface area (Å²) >= 11 is 0. The first-order chi connectivity index (χ1) is 19.1. The van der Waals surface area contributed by atoms with Crippen LogP contribution in [0.1, 0.15) is 40.7 Å². The molecule has 8 nitrogen and oxygen atoms in total. The number of nitrogens with one attached hydrogen (secondary N) is 2. The Balaban J connectivity index is 1.17. The summed E-state index contributed by atoms with van der Waals surface area (Å²) in [6, 6.07) is 25.1. The van der Waals surface area contributed by atoms with Gasteiger partial charge >= 0.3 is 5.97 Å². The van der Waals surface area contributed by atoms with E-state index in [2.05, 4.69) is 10.6 Å². The summed E-state index contributed by atoms with van der Waals surface area (Å²) < 4.78 is 11.5. The molecule has 1 unspecified atom stereocenters. The third-order valence-electron chi connectivity index (χ3n) is 7.17. The van der Waals surface area contributed by atoms with Gasteiger partial charge < -0.3 is 25.0 Å². The molecule has 2 heterocycles. The second-order valence-electron chi connectivity index (χ2n) is 9.90. The quantitative estimate of drug-likeness (QED) is 0.410. The standard InChI is InChI=1S/C31H33N3O5/c35-29(33-26-15-8-7-14-25(26)31(37)39-21-23-12-5-2-6-13-23)28-16-9-17-34(28)30(36)27-18-24(19-32-27)38-20-22-10-3-1-4-11-22/h1-8,10-15,24,27-28,32H,9,16-21H2,(H,33,35)/t24?,27-,28-/m0/s1. The van der Waals surface area contributed by atoms with E-state index in [1.807, 2.05) is 60.7 Å². The van der Waals surface area contributed by atoms with Crippen molar-refractivity contribution >= 4 is 23.5 Å². The average molecular weight is 528 g/mol. The maximum atomic E-state index is 13.4. The summed E-state index contributed by atoms with van der Waals surface area (Å²) in [5.41, 5.74) is 2.61. The van der Waals surface area contributed by atoms with Crippen molar-refractivity contribution in [1.82, 2.24) is 10.2 Å². The van der Waals surface area contributed by atoms with Gasteiger partial charge in [-0.3, -0.25) is 9.59 Å². The number of carbonyl (C=O) groups excluding carboxylic acids is 3. The molecule has 2 N–H and O–H groups in total. The molecule has 2 fully saturated rings. The van der Waals surface area contributed by atoms with Gasteiger partial charge in [0.15, 0.2) is 0 Å². The van der Waals surface area contributed by atoms with E-state index in [0.29, 0.717) is 38.2 Å². The summed E-state index contributed by atoms with van der Waals surface area (Å²) in [5, 5.41) is 6.15. The fourth-order valence-corrected chi connectivity index (χ4v) is 5.10. The highest BCUT2D eigenvalue weighted by Crippen LogP contribution is 2.24. The van der Waals surface area contributed by atoms with Crippen LogP contribution in [0.15, 0.2) is 84.9 Å². The van der Waals surface area contributed by atoms with Crippen molar-refractivity contribution in [3.63, 3.8) is 0 Å². The Bertz CT molecular complexity index is 1280. The molecule has 202 valence electrons. The second-order valence-corrected chi connectivity index (χ2v) is 9.90. The lowest BCUT2D eigenvalue weighted by Crippen LogP contribution is -2.49. The van der Waals surface area contributed by atoms with Gasteiger partial charge in [0.05, 0.1) is 30.0 Å². The normalized spacial score (nSPS) is 20.5. The van der Waals surface area contributed by atoms with Gasteiger partial charge in [-0.25, -0.2) is 4.79 Å². The molecule has 0 spiro atoms. The molecule has 0 bridgehead atoms. The minimum Gasteiger partial charge on any atom is -0.457 e. The number of ether oxygens (including phenoxy) is 2. The number of rotatable bonds is 9. The Morgan fingerprint density at radius 1 is 0.872 bits per heavy atom. The summed E-state index contributed by atoms with van der Waals surface area (Å²) in [5.74, 6) is -0.918. The Hall–Kier alpha value is -4.01. The van der Waals surface area contributed by atoms with Crippen LogP contribution in [0, 0.1) is 0 Å². The summed E-state index contributed by atoms with van der Waals surface area (Å²) in [6.07, 6.45) is 1.80. The third-order valence-corrected chi connectivity index (χ3v) is 7.17. The van der Waals surface area contributed by atoms with E-state index in [-0.39, 0.29) is 36.1 Å². The maximum absolute atomic E-state index is 13.4. The van der Waals surface area contributed by atoms with Crippen LogP contribution in [0.5, 0.6) is 0 Å². The van der Waals surface area contributed by atoms with Crippen molar-refractivity contribution in [2.24, 2.45) is 0 Å². The number of para-hydroxylation sites is 1. The Labute approximate surface area is 228 Å². The molecule has 0 aromatic heterocycles. The van der Waals surface area contributed by atoms with Crippen LogP contribution in [0.2, 0.25) is 0 Å². The molecule has 5 rings (SSSR count). The first kappa shape index (κ1) is 26.6. The van der Waals surface area contributed by atoms with Crippen LogP contribution < -0.4 is 10.6 Å². The summed E-state index contributed by atoms with van der Waals surface area (Å²) in [4.78, 5) is 41.2. The van der Waals surface area contributed by atoms with Crippen LogP contribution >= 0.6 is 0 Å². The molecule has 0 saturated carbocycles. The minimum atomic E-state index is -0.600. The number of carbonyl (C=O) groups is 3. The molecule has 3 atom stereocenters. The molecule has 39 heavy (non-hydrogen) atoms. The predicted octanol–water partition coefficient (Wildman–Crippen LogP) is 3.92. The van der Waals surface area contributed by atoms with Crippen LogP contribution in [0.25, 0.3) is 0 Å². The molecule has 0 aliphatic carbocycles. The lowest BCUT2D eigenvalue weighted by Gasteiger charge is -2.27. The van der Waals surface area contributed by atoms with Gasteiger partial charge in [0.25, 0.3) is 0 Å². The Morgan fingerprint density at radius 2 is 1.54 bits per heavy atom. The number of esters is 1. The predicted molar refractivity (Wildman–Crippen MR) is 147 cm³/mol. The molecule has 2 amide bonds. The van der Waals surface area contributed by atoms with Crippen LogP contribution in [-0.2, 0) is 32.3 Å². The van der Waals surface area contributed by atoms with Crippen LogP contribution in [0.4, 0.5) is 5.69 Å². The molecule has 3 aromatic carbocycles. The molecule has 2 aliphatic heterocycles. The highest BCUT2D eigenvalue weighted by Gasteiger charge is 2.40. The van der Waals surface area contributed by atoms with E-state index < -0.39 is 12.0 Å². The van der Waals surface area contributed by atoms with Gasteiger partial charge in [0.2, 0.25) is 11.8 Å². The van der Waals surface area contributed by atoms with Gasteiger partial charge in [-0.15, -0.1) is 0 Å². The van der Waals surface area contributed by atoms with Crippen molar-refractivity contribution in [3.8, 4) is 0 Å². The molecule has 8 heteroatoms. The molecular formula is C31H33N3O5. The van der Waals surface area contributed by atoms with Crippen molar-refractivity contribution in [3.05, 3.63) is 102 Å². The fraction of sp³-hybridized carbons (Fsp3) is 0.323. The van der Waals surface area contributed by atoms with Gasteiger partial charge in [-0.1, -0.05) is 72.8 Å². The number of hydrogen-bond donors (Lipinski definition) is 2. The minimum absolute atomic E-state index is 0.0668. The maximum Gasteiger partial charge on any atom is 0.340 e. The van der Waals surface area contributed by atoms with E-state index in [4.69, 9.17) is 9.47 Å². The van der Waals surface area contributed by atoms with E-state index in [0.717, 1.165) is 17.5 Å². The zero-order valence-electron chi connectivity index (χ0n) is 21.8. The number of benzene rings is 3. The smallest absolute Gasteiger partial charge is 0.340 e. The Morgan fingerprint density at radius 3 is 2.28 bits per heavy atom. The first-order valence-electron chi connectivity index (χ1n) is 13.4. The van der Waals surface area contributed by atoms with Crippen molar-refractivity contribution < 1.29 is 23.9 Å². The SMILES string of the molecule is O=C(OCc1ccccc1)c1ccccc1NC(=O)[C@@H]1CCCN1C(=O)[C@@H]1CC(OCc2ccccc2)CN1. The number of hydrogen-bond acceptors (Lipinski definition) is 6. The topological polar surface area (TPSA) is 97.0 Å². The highest BCUT2D eigenvalue weighted by atomic mass is 16.5. The largest absolute Gasteiger partial charge is 0.457 e. The van der Waals surface area contributed by atoms with E-state index >= 15 is 0 Å². The van der Waals surface area contributed by atoms with E-state index in [1.54, 1.807) is 29.2 Å². The fourth-order valence-electron chi connectivity index (χ4n) is 5.10. The molecule has 2 aliphatic rings. The lowest BCUT2D eigenvalue weighted by atomic mass is 10.1. The number of nitrogens with zero attached hydrogens (tertiary/aromatic N) is 1. The van der Waals surface area contributed by atoms with Crippen LogP contribution in [-0.4, -0.2) is 54.0 Å². The number of amides is 2. The lowest BCUT2D eigenvalue weighted by molar-refractivity contribution is -0.138. The molecular weight excluding hydrogens is 494 g/mol. The van der Waals surface area contributed by atoms with Gasteiger partial charge in [0, 0.05) is 13.1 Å². The average Bonchev–Trinajstić information content (AvgIpc) is 3.66. The number of likely N-dealkylation sites (tertiary alicyclic amines) is 1. The van der Waals surface area contributed by atoms with Crippen molar-refractivity contribution in [2.45, 2.75) is 50.7 Å². The monoisotopic (exact) mass is 527 g/mol. The summed E-state index contributed by atoms with van der Waals surface area (Å²) in [7, 11) is 0. The molecule has 2 saturated heterocycles. The zero-order valence-corrected chi connectivity index (χ0v) is 21.8. The summed E-state index contributed by atoms with van der Waals surface area (Å²) in [6.45, 7) is 1.74. The Kier molecular flexibility index (Phi) is 8.65. The van der Waals surface area contributed by atoms with Crippen molar-refractivity contribution in [2.75, 3.05) is 18.4 Å². The van der Waals surface area contributed by atoms with Crippen LogP contribution in [0.3, 0.4) is 0 Å². The second kappa shape index (κ2) is 12.7. The van der Waals surface area contributed by atoms with Gasteiger partial charge in [-0.2, -0.15) is 0 Å². The van der Waals surface area contributed by atoms with Gasteiger partial charge in [0.1, 0.15) is 12.6 Å². The van der Waals surface area contributed by atoms with E-state index in [9.17, 15) is 14.4 Å². The first-order valence-corrected chi connectivity index (χ1v) is 13.4. The van der Waals surface area contributed by atoms with Gasteiger partial charge in [-0.05, 0) is 42.5 Å². The zero-order chi connectivity index (χ0) is 27.0. The number of anilines is 1.